The van der Waals surface area contributed by atoms with Crippen LogP contribution in [0, 0.1) is 0 Å². The first-order valence-electron chi connectivity index (χ1n) is 5.96. The maximum Gasteiger partial charge on any atom is 0.261 e. The normalized spacial score (nSPS) is 10.0. The van der Waals surface area contributed by atoms with Gasteiger partial charge in [0.05, 0.1) is 24.9 Å². The third-order valence-corrected chi connectivity index (χ3v) is 2.99. The molecule has 1 aromatic heterocycles. The minimum absolute atomic E-state index is 0.0830. The number of rotatable bonds is 4. The largest absolute Gasteiger partial charge is 0.497 e. The Morgan fingerprint density at radius 3 is 2.67 bits per heavy atom. The van der Waals surface area contributed by atoms with E-state index >= 15 is 0 Å². The molecule has 6 nitrogen and oxygen atoms in total. The molecule has 110 valence electrons. The highest BCUT2D eigenvalue weighted by molar-refractivity contribution is 6.30. The van der Waals surface area contributed by atoms with Gasteiger partial charge in [-0.05, 0) is 18.2 Å². The molecular weight excluding hydrogens is 296 g/mol. The van der Waals surface area contributed by atoms with Gasteiger partial charge in [0.25, 0.3) is 11.5 Å². The number of aromatic amines is 1. The lowest BCUT2D eigenvalue weighted by molar-refractivity contribution is 0.102. The molecule has 0 unspecified atom stereocenters. The quantitative estimate of drug-likeness (QED) is 0.908. The van der Waals surface area contributed by atoms with Gasteiger partial charge in [-0.3, -0.25) is 9.59 Å². The molecule has 0 aliphatic rings. The molecule has 7 heteroatoms. The molecule has 2 rings (SSSR count). The Labute approximate surface area is 125 Å². The monoisotopic (exact) mass is 308 g/mol. The number of carbonyl (C=O) groups is 1. The van der Waals surface area contributed by atoms with Gasteiger partial charge >= 0.3 is 0 Å². The van der Waals surface area contributed by atoms with Crippen molar-refractivity contribution in [3.63, 3.8) is 0 Å². The highest BCUT2D eigenvalue weighted by Gasteiger charge is 2.14. The zero-order chi connectivity index (χ0) is 15.4. The van der Waals surface area contributed by atoms with E-state index in [1.165, 1.54) is 26.5 Å². The highest BCUT2D eigenvalue weighted by atomic mass is 35.5. The minimum Gasteiger partial charge on any atom is -0.497 e. The molecule has 1 aromatic carbocycles. The predicted molar refractivity (Wildman–Crippen MR) is 79.6 cm³/mol. The number of methoxy groups -OCH3 is 2. The van der Waals surface area contributed by atoms with Crippen molar-refractivity contribution in [3.8, 4) is 11.5 Å². The van der Waals surface area contributed by atoms with E-state index in [9.17, 15) is 9.59 Å². The fourth-order valence-electron chi connectivity index (χ4n) is 1.72. The van der Waals surface area contributed by atoms with Gasteiger partial charge < -0.3 is 19.8 Å². The number of amides is 1. The highest BCUT2D eigenvalue weighted by Crippen LogP contribution is 2.29. The molecular formula is C14H13ClN2O4. The molecule has 0 bridgehead atoms. The molecule has 1 heterocycles. The lowest BCUT2D eigenvalue weighted by atomic mass is 10.2. The van der Waals surface area contributed by atoms with Gasteiger partial charge in [0.2, 0.25) is 0 Å². The Bertz CT molecular complexity index is 727. The molecule has 0 saturated heterocycles. The number of H-pyrrole nitrogens is 1. The number of carbonyl (C=O) groups excluding carboxylic acids is 1. The number of hydrogen-bond donors (Lipinski definition) is 2. The summed E-state index contributed by atoms with van der Waals surface area (Å²) in [6.45, 7) is 0. The third kappa shape index (κ3) is 3.35. The average Bonchev–Trinajstić information content (AvgIpc) is 2.49. The smallest absolute Gasteiger partial charge is 0.261 e. The Kier molecular flexibility index (Phi) is 4.49. The first-order valence-corrected chi connectivity index (χ1v) is 6.34. The third-order valence-electron chi connectivity index (χ3n) is 2.77. The SMILES string of the molecule is COc1ccc(NC(=O)c2cc(Cl)c[nH]c2=O)c(OC)c1. The van der Waals surface area contributed by atoms with Gasteiger partial charge in [0, 0.05) is 12.3 Å². The second-order valence-corrected chi connectivity index (χ2v) is 4.52. The van der Waals surface area contributed by atoms with E-state index in [1.807, 2.05) is 0 Å². The first-order chi connectivity index (χ1) is 10.0. The topological polar surface area (TPSA) is 80.4 Å². The number of nitrogens with one attached hydrogen (secondary N) is 2. The van der Waals surface area contributed by atoms with Crippen LogP contribution in [0.1, 0.15) is 10.4 Å². The lowest BCUT2D eigenvalue weighted by Gasteiger charge is -2.11. The predicted octanol–water partition coefficient (Wildman–Crippen LogP) is 2.30. The van der Waals surface area contributed by atoms with Crippen LogP contribution in [-0.2, 0) is 0 Å². The van der Waals surface area contributed by atoms with Gasteiger partial charge in [0.15, 0.2) is 0 Å². The molecule has 0 atom stereocenters. The number of anilines is 1. The van der Waals surface area contributed by atoms with Gasteiger partial charge in [0.1, 0.15) is 17.1 Å². The Morgan fingerprint density at radius 2 is 2.00 bits per heavy atom. The maximum absolute atomic E-state index is 12.1. The van der Waals surface area contributed by atoms with Gasteiger partial charge in [-0.1, -0.05) is 11.6 Å². The molecule has 21 heavy (non-hydrogen) atoms. The fourth-order valence-corrected chi connectivity index (χ4v) is 1.88. The van der Waals surface area contributed by atoms with Crippen molar-refractivity contribution in [2.75, 3.05) is 19.5 Å². The Balaban J connectivity index is 2.31. The summed E-state index contributed by atoms with van der Waals surface area (Å²) in [5.74, 6) is 0.425. The molecule has 0 aliphatic carbocycles. The summed E-state index contributed by atoms with van der Waals surface area (Å²) in [5.41, 5.74) is -0.188. The van der Waals surface area contributed by atoms with Gasteiger partial charge in [-0.15, -0.1) is 0 Å². The molecule has 0 radical (unpaired) electrons. The van der Waals surface area contributed by atoms with E-state index in [0.29, 0.717) is 17.2 Å². The van der Waals surface area contributed by atoms with Crippen LogP contribution in [0.3, 0.4) is 0 Å². The van der Waals surface area contributed by atoms with Crippen molar-refractivity contribution in [1.82, 2.24) is 4.98 Å². The zero-order valence-corrected chi connectivity index (χ0v) is 12.2. The van der Waals surface area contributed by atoms with Crippen molar-refractivity contribution in [1.29, 1.82) is 0 Å². The maximum atomic E-state index is 12.1. The second kappa shape index (κ2) is 6.32. The van der Waals surface area contributed by atoms with Crippen LogP contribution in [0.25, 0.3) is 0 Å². The number of aromatic nitrogens is 1. The summed E-state index contributed by atoms with van der Waals surface area (Å²) < 4.78 is 10.2. The molecule has 1 amide bonds. The standard InChI is InChI=1S/C14H13ClN2O4/c1-20-9-3-4-11(12(6-9)21-2)17-14(19)10-5-8(15)7-16-13(10)18/h3-7H,1-2H3,(H,16,18)(H,17,19). The van der Waals surface area contributed by atoms with Crippen molar-refractivity contribution in [3.05, 3.63) is 51.4 Å². The summed E-state index contributed by atoms with van der Waals surface area (Å²) >= 11 is 5.77. The lowest BCUT2D eigenvalue weighted by Crippen LogP contribution is -2.22. The van der Waals surface area contributed by atoms with Crippen LogP contribution in [0.5, 0.6) is 11.5 Å². The van der Waals surface area contributed by atoms with E-state index in [0.717, 1.165) is 0 Å². The number of benzene rings is 1. The van der Waals surface area contributed by atoms with E-state index in [2.05, 4.69) is 10.3 Å². The van der Waals surface area contributed by atoms with E-state index in [1.54, 1.807) is 18.2 Å². The van der Waals surface area contributed by atoms with Crippen molar-refractivity contribution < 1.29 is 14.3 Å². The van der Waals surface area contributed by atoms with Crippen LogP contribution >= 0.6 is 11.6 Å². The molecule has 0 fully saturated rings. The number of ether oxygens (including phenoxy) is 2. The summed E-state index contributed by atoms with van der Waals surface area (Å²) in [7, 11) is 3.00. The Hall–Kier alpha value is -2.47. The van der Waals surface area contributed by atoms with Crippen LogP contribution in [0.2, 0.25) is 5.02 Å². The van der Waals surface area contributed by atoms with Crippen LogP contribution in [-0.4, -0.2) is 25.1 Å². The summed E-state index contributed by atoms with van der Waals surface area (Å²) in [6.07, 6.45) is 1.31. The summed E-state index contributed by atoms with van der Waals surface area (Å²) in [4.78, 5) is 26.1. The van der Waals surface area contributed by atoms with E-state index < -0.39 is 11.5 Å². The second-order valence-electron chi connectivity index (χ2n) is 4.08. The number of halogens is 1. The molecule has 0 spiro atoms. The number of hydrogen-bond acceptors (Lipinski definition) is 4. The zero-order valence-electron chi connectivity index (χ0n) is 11.4. The van der Waals surface area contributed by atoms with Crippen molar-refractivity contribution in [2.45, 2.75) is 0 Å². The number of pyridine rings is 1. The fraction of sp³-hybridized carbons (Fsp3) is 0.143. The van der Waals surface area contributed by atoms with Crippen LogP contribution in [0.4, 0.5) is 5.69 Å². The van der Waals surface area contributed by atoms with Gasteiger partial charge in [-0.25, -0.2) is 0 Å². The van der Waals surface area contributed by atoms with Crippen molar-refractivity contribution >= 4 is 23.2 Å². The van der Waals surface area contributed by atoms with E-state index in [4.69, 9.17) is 21.1 Å². The average molecular weight is 309 g/mol. The van der Waals surface area contributed by atoms with Gasteiger partial charge in [-0.2, -0.15) is 0 Å². The van der Waals surface area contributed by atoms with Crippen LogP contribution in [0.15, 0.2) is 35.3 Å². The van der Waals surface area contributed by atoms with Crippen LogP contribution < -0.4 is 20.3 Å². The molecule has 0 aliphatic heterocycles. The Morgan fingerprint density at radius 1 is 1.24 bits per heavy atom. The summed E-state index contributed by atoms with van der Waals surface area (Å²) in [5, 5.41) is 2.86. The molecule has 0 saturated carbocycles. The van der Waals surface area contributed by atoms with E-state index in [-0.39, 0.29) is 10.6 Å². The minimum atomic E-state index is -0.581. The molecule has 2 N–H and O–H groups in total. The molecule has 2 aromatic rings. The summed E-state index contributed by atoms with van der Waals surface area (Å²) in [6, 6.07) is 6.21. The van der Waals surface area contributed by atoms with Crippen molar-refractivity contribution in [2.24, 2.45) is 0 Å². The first kappa shape index (κ1) is 14.9.